The van der Waals surface area contributed by atoms with E-state index in [0.717, 1.165) is 22.3 Å². The standard InChI is InChI=1S/C16H16BrClN2/c1-19-15(11-5-7-13(17)14(18)9-11)12-6-4-10-3-2-8-20-16(10)12/h2-3,5,7-9,12,15,19H,4,6H2,1H3. The predicted molar refractivity (Wildman–Crippen MR) is 86.3 cm³/mol. The fraction of sp³-hybridized carbons (Fsp3) is 0.312. The molecule has 2 atom stereocenters. The summed E-state index contributed by atoms with van der Waals surface area (Å²) in [6, 6.07) is 10.6. The van der Waals surface area contributed by atoms with Crippen LogP contribution in [-0.2, 0) is 6.42 Å². The van der Waals surface area contributed by atoms with E-state index in [1.54, 1.807) is 0 Å². The van der Waals surface area contributed by atoms with Crippen molar-refractivity contribution in [2.75, 3.05) is 7.05 Å². The van der Waals surface area contributed by atoms with Crippen LogP contribution in [0.25, 0.3) is 0 Å². The first-order chi connectivity index (χ1) is 9.70. The summed E-state index contributed by atoms with van der Waals surface area (Å²) in [6.07, 6.45) is 4.13. The van der Waals surface area contributed by atoms with E-state index in [1.165, 1.54) is 16.8 Å². The Bertz CT molecular complexity index is 630. The average molecular weight is 352 g/mol. The van der Waals surface area contributed by atoms with Gasteiger partial charge < -0.3 is 5.32 Å². The minimum atomic E-state index is 0.247. The molecule has 1 aromatic carbocycles. The quantitative estimate of drug-likeness (QED) is 0.881. The van der Waals surface area contributed by atoms with Gasteiger partial charge in [-0.05, 0) is 65.1 Å². The highest BCUT2D eigenvalue weighted by Gasteiger charge is 2.31. The Morgan fingerprint density at radius 2 is 2.25 bits per heavy atom. The van der Waals surface area contributed by atoms with Gasteiger partial charge in [-0.1, -0.05) is 23.7 Å². The third-order valence-electron chi connectivity index (χ3n) is 4.02. The molecule has 2 nitrogen and oxygen atoms in total. The minimum absolute atomic E-state index is 0.247. The van der Waals surface area contributed by atoms with Crippen molar-refractivity contribution in [2.45, 2.75) is 24.8 Å². The summed E-state index contributed by atoms with van der Waals surface area (Å²) in [5, 5.41) is 4.19. The van der Waals surface area contributed by atoms with Gasteiger partial charge in [0.05, 0.1) is 5.02 Å². The predicted octanol–water partition coefficient (Wildman–Crippen LogP) is 4.49. The average Bonchev–Trinajstić information content (AvgIpc) is 2.88. The number of pyridine rings is 1. The molecule has 1 heterocycles. The third kappa shape index (κ3) is 2.50. The normalized spacial score (nSPS) is 18.9. The van der Waals surface area contributed by atoms with Crippen molar-refractivity contribution in [1.82, 2.24) is 10.3 Å². The largest absolute Gasteiger partial charge is 0.312 e. The van der Waals surface area contributed by atoms with Gasteiger partial charge in [0.15, 0.2) is 0 Å². The fourth-order valence-corrected chi connectivity index (χ4v) is 3.51. The van der Waals surface area contributed by atoms with Crippen molar-refractivity contribution in [1.29, 1.82) is 0 Å². The molecule has 1 N–H and O–H groups in total. The molecule has 0 amide bonds. The van der Waals surface area contributed by atoms with Gasteiger partial charge in [-0.25, -0.2) is 0 Å². The summed E-state index contributed by atoms with van der Waals surface area (Å²) in [6.45, 7) is 0. The molecule has 2 unspecified atom stereocenters. The third-order valence-corrected chi connectivity index (χ3v) is 5.25. The summed E-state index contributed by atoms with van der Waals surface area (Å²) in [5.41, 5.74) is 3.82. The summed E-state index contributed by atoms with van der Waals surface area (Å²) in [5.74, 6) is 0.411. The lowest BCUT2D eigenvalue weighted by molar-refractivity contribution is 0.470. The molecular weight excluding hydrogens is 336 g/mol. The number of rotatable bonds is 3. The van der Waals surface area contributed by atoms with Crippen LogP contribution in [0.15, 0.2) is 41.0 Å². The van der Waals surface area contributed by atoms with E-state index >= 15 is 0 Å². The van der Waals surface area contributed by atoms with Gasteiger partial charge in [-0.3, -0.25) is 4.98 Å². The summed E-state index contributed by atoms with van der Waals surface area (Å²) in [7, 11) is 2.00. The molecule has 0 bridgehead atoms. The van der Waals surface area contributed by atoms with E-state index in [9.17, 15) is 0 Å². The number of aryl methyl sites for hydroxylation is 1. The molecule has 0 saturated heterocycles. The highest BCUT2D eigenvalue weighted by atomic mass is 79.9. The number of hydrogen-bond donors (Lipinski definition) is 1. The lowest BCUT2D eigenvalue weighted by Gasteiger charge is -2.24. The SMILES string of the molecule is CNC(c1ccc(Br)c(Cl)c1)C1CCc2cccnc21. The monoisotopic (exact) mass is 350 g/mol. The molecule has 3 rings (SSSR count). The minimum Gasteiger partial charge on any atom is -0.312 e. The number of halogens is 2. The second-order valence-corrected chi connectivity index (χ2v) is 6.39. The van der Waals surface area contributed by atoms with Gasteiger partial charge in [0.1, 0.15) is 0 Å². The lowest BCUT2D eigenvalue weighted by atomic mass is 9.91. The number of nitrogens with zero attached hydrogens (tertiary/aromatic N) is 1. The van der Waals surface area contributed by atoms with Gasteiger partial charge in [0.25, 0.3) is 0 Å². The topological polar surface area (TPSA) is 24.9 Å². The molecule has 1 aromatic heterocycles. The number of hydrogen-bond acceptors (Lipinski definition) is 2. The van der Waals surface area contributed by atoms with E-state index in [0.29, 0.717) is 5.92 Å². The maximum absolute atomic E-state index is 6.23. The maximum atomic E-state index is 6.23. The van der Waals surface area contributed by atoms with Crippen molar-refractivity contribution in [3.05, 3.63) is 62.8 Å². The first-order valence-corrected chi connectivity index (χ1v) is 7.94. The Kier molecular flexibility index (Phi) is 4.11. The summed E-state index contributed by atoms with van der Waals surface area (Å²) >= 11 is 9.68. The van der Waals surface area contributed by atoms with Crippen LogP contribution < -0.4 is 5.32 Å². The van der Waals surface area contributed by atoms with Gasteiger partial charge in [0, 0.05) is 28.3 Å². The molecule has 4 heteroatoms. The lowest BCUT2D eigenvalue weighted by Crippen LogP contribution is -2.23. The zero-order chi connectivity index (χ0) is 14.1. The van der Waals surface area contributed by atoms with E-state index in [2.05, 4.69) is 38.4 Å². The maximum Gasteiger partial charge on any atom is 0.0551 e. The molecule has 0 spiro atoms. The van der Waals surface area contributed by atoms with Crippen LogP contribution in [0.5, 0.6) is 0 Å². The molecule has 104 valence electrons. The van der Waals surface area contributed by atoms with Crippen LogP contribution in [0.1, 0.15) is 35.2 Å². The second-order valence-electron chi connectivity index (χ2n) is 5.13. The zero-order valence-corrected chi connectivity index (χ0v) is 13.6. The molecule has 1 aliphatic rings. The first-order valence-electron chi connectivity index (χ1n) is 6.76. The van der Waals surface area contributed by atoms with Crippen molar-refractivity contribution >= 4 is 27.5 Å². The Hall–Kier alpha value is -0.900. The smallest absolute Gasteiger partial charge is 0.0551 e. The van der Waals surface area contributed by atoms with Crippen LogP contribution in [-0.4, -0.2) is 12.0 Å². The number of likely N-dealkylation sites (N-methyl/N-ethyl adjacent to an activating group) is 1. The molecular formula is C16H16BrClN2. The van der Waals surface area contributed by atoms with Crippen LogP contribution >= 0.6 is 27.5 Å². The second kappa shape index (κ2) is 5.84. The van der Waals surface area contributed by atoms with Crippen molar-refractivity contribution in [2.24, 2.45) is 0 Å². The van der Waals surface area contributed by atoms with Crippen LogP contribution in [0, 0.1) is 0 Å². The Morgan fingerprint density at radius 3 is 3.00 bits per heavy atom. The first kappa shape index (κ1) is 14.1. The van der Waals surface area contributed by atoms with Gasteiger partial charge >= 0.3 is 0 Å². The van der Waals surface area contributed by atoms with E-state index < -0.39 is 0 Å². The Labute approximate surface area is 132 Å². The van der Waals surface area contributed by atoms with E-state index in [4.69, 9.17) is 11.6 Å². The molecule has 20 heavy (non-hydrogen) atoms. The van der Waals surface area contributed by atoms with Crippen LogP contribution in [0.3, 0.4) is 0 Å². The highest BCUT2D eigenvalue weighted by molar-refractivity contribution is 9.10. The number of benzene rings is 1. The molecule has 0 saturated carbocycles. The molecule has 0 fully saturated rings. The summed E-state index contributed by atoms with van der Waals surface area (Å²) < 4.78 is 0.933. The Balaban J connectivity index is 1.97. The van der Waals surface area contributed by atoms with Crippen LogP contribution in [0.2, 0.25) is 5.02 Å². The molecule has 2 aromatic rings. The highest BCUT2D eigenvalue weighted by Crippen LogP contribution is 2.41. The molecule has 0 aliphatic heterocycles. The number of aromatic nitrogens is 1. The van der Waals surface area contributed by atoms with Gasteiger partial charge in [0.2, 0.25) is 0 Å². The van der Waals surface area contributed by atoms with Crippen molar-refractivity contribution in [3.63, 3.8) is 0 Å². The number of nitrogens with one attached hydrogen (secondary N) is 1. The van der Waals surface area contributed by atoms with E-state index in [1.807, 2.05) is 31.4 Å². The van der Waals surface area contributed by atoms with Crippen molar-refractivity contribution in [3.8, 4) is 0 Å². The van der Waals surface area contributed by atoms with E-state index in [-0.39, 0.29) is 6.04 Å². The number of fused-ring (bicyclic) bond motifs is 1. The van der Waals surface area contributed by atoms with Gasteiger partial charge in [-0.2, -0.15) is 0 Å². The molecule has 0 radical (unpaired) electrons. The molecule has 1 aliphatic carbocycles. The summed E-state index contributed by atoms with van der Waals surface area (Å²) in [4.78, 5) is 4.59. The fourth-order valence-electron chi connectivity index (χ4n) is 3.07. The van der Waals surface area contributed by atoms with Crippen molar-refractivity contribution < 1.29 is 0 Å². The zero-order valence-electron chi connectivity index (χ0n) is 11.2. The van der Waals surface area contributed by atoms with Crippen LogP contribution in [0.4, 0.5) is 0 Å². The Morgan fingerprint density at radius 1 is 1.40 bits per heavy atom. The van der Waals surface area contributed by atoms with Gasteiger partial charge in [-0.15, -0.1) is 0 Å².